The summed E-state index contributed by atoms with van der Waals surface area (Å²) in [6, 6.07) is 9.79. The number of ether oxygens (including phenoxy) is 1. The van der Waals surface area contributed by atoms with Gasteiger partial charge in [-0.05, 0) is 30.3 Å². The van der Waals surface area contributed by atoms with Crippen LogP contribution in [0.1, 0.15) is 16.8 Å². The lowest BCUT2D eigenvalue weighted by molar-refractivity contribution is -0.384. The molecule has 0 heterocycles. The maximum atomic E-state index is 13.6. The number of carbonyl (C=O) groups is 3. The molecule has 0 fully saturated rings. The van der Waals surface area contributed by atoms with Gasteiger partial charge in [0.2, 0.25) is 5.91 Å². The van der Waals surface area contributed by atoms with Gasteiger partial charge in [0, 0.05) is 17.8 Å². The average Bonchev–Trinajstić information content (AvgIpc) is 2.68. The van der Waals surface area contributed by atoms with E-state index in [1.165, 1.54) is 24.3 Å². The summed E-state index contributed by atoms with van der Waals surface area (Å²) in [5.74, 6) is -3.13. The Morgan fingerprint density at radius 3 is 2.41 bits per heavy atom. The summed E-state index contributed by atoms with van der Waals surface area (Å²) in [5, 5.41) is 23.7. The van der Waals surface area contributed by atoms with Crippen molar-refractivity contribution < 1.29 is 28.4 Å². The Labute approximate surface area is 163 Å². The molecule has 11 heteroatoms. The number of amides is 2. The Bertz CT molecular complexity index is 1000. The van der Waals surface area contributed by atoms with Gasteiger partial charge in [0.25, 0.3) is 11.6 Å². The second-order valence-electron chi connectivity index (χ2n) is 5.51. The number of nitrogens with one attached hydrogen (secondary N) is 2. The number of hydrogen-bond acceptors (Lipinski definition) is 7. The van der Waals surface area contributed by atoms with Gasteiger partial charge in [-0.3, -0.25) is 19.7 Å². The third-order valence-electron chi connectivity index (χ3n) is 3.41. The summed E-state index contributed by atoms with van der Waals surface area (Å²) in [6.07, 6.45) is -0.315. The van der Waals surface area contributed by atoms with E-state index in [2.05, 4.69) is 10.6 Å². The number of nitriles is 1. The maximum absolute atomic E-state index is 13.6. The number of benzene rings is 2. The topological polar surface area (TPSA) is 151 Å². The molecule has 148 valence electrons. The maximum Gasteiger partial charge on any atom is 0.338 e. The monoisotopic (exact) mass is 400 g/mol. The van der Waals surface area contributed by atoms with Crippen LogP contribution in [0.5, 0.6) is 0 Å². The molecule has 0 saturated heterocycles. The smallest absolute Gasteiger partial charge is 0.338 e. The summed E-state index contributed by atoms with van der Waals surface area (Å²) < 4.78 is 18.4. The van der Waals surface area contributed by atoms with Gasteiger partial charge in [-0.1, -0.05) is 0 Å². The predicted molar refractivity (Wildman–Crippen MR) is 97.3 cm³/mol. The molecule has 0 bridgehead atoms. The normalized spacial score (nSPS) is 9.79. The highest BCUT2D eigenvalue weighted by atomic mass is 19.1. The number of carbonyl (C=O) groups excluding carboxylic acids is 3. The molecule has 0 spiro atoms. The minimum atomic E-state index is -0.891. The second-order valence-corrected chi connectivity index (χ2v) is 5.51. The molecule has 2 amide bonds. The molecule has 0 aliphatic heterocycles. The number of nitrogens with zero attached hydrogens (tertiary/aromatic N) is 2. The van der Waals surface area contributed by atoms with Crippen LogP contribution in [0.3, 0.4) is 0 Å². The van der Waals surface area contributed by atoms with Gasteiger partial charge in [-0.2, -0.15) is 5.26 Å². The minimum absolute atomic E-state index is 0.0811. The number of nitro groups is 1. The van der Waals surface area contributed by atoms with Crippen LogP contribution in [-0.4, -0.2) is 29.3 Å². The van der Waals surface area contributed by atoms with Crippen molar-refractivity contribution in [3.8, 4) is 6.07 Å². The fraction of sp³-hybridized carbons (Fsp3) is 0.111. The van der Waals surface area contributed by atoms with Crippen molar-refractivity contribution in [2.45, 2.75) is 6.42 Å². The molecule has 0 saturated carbocycles. The van der Waals surface area contributed by atoms with Crippen LogP contribution in [0.25, 0.3) is 0 Å². The lowest BCUT2D eigenvalue weighted by atomic mass is 10.2. The SMILES string of the molecule is N#CCC(=O)Nc1ccc(C(=O)OCC(=O)Nc2cc([N+](=O)[O-])ccc2F)cc1. The zero-order valence-electron chi connectivity index (χ0n) is 14.7. The molecule has 2 rings (SSSR count). The lowest BCUT2D eigenvalue weighted by Gasteiger charge is -2.08. The largest absolute Gasteiger partial charge is 0.452 e. The molecule has 2 aromatic rings. The van der Waals surface area contributed by atoms with Crippen molar-refractivity contribution in [2.24, 2.45) is 0 Å². The van der Waals surface area contributed by atoms with Gasteiger partial charge in [0.15, 0.2) is 6.61 Å². The van der Waals surface area contributed by atoms with Crippen LogP contribution in [0.15, 0.2) is 42.5 Å². The van der Waals surface area contributed by atoms with E-state index in [0.29, 0.717) is 5.69 Å². The average molecular weight is 400 g/mol. The number of nitro benzene ring substituents is 1. The van der Waals surface area contributed by atoms with E-state index >= 15 is 0 Å². The van der Waals surface area contributed by atoms with Crippen molar-refractivity contribution in [1.29, 1.82) is 5.26 Å². The van der Waals surface area contributed by atoms with Crippen molar-refractivity contribution in [3.63, 3.8) is 0 Å². The third kappa shape index (κ3) is 6.10. The Morgan fingerprint density at radius 1 is 1.10 bits per heavy atom. The van der Waals surface area contributed by atoms with Gasteiger partial charge in [-0.25, -0.2) is 9.18 Å². The Balaban J connectivity index is 1.91. The van der Waals surface area contributed by atoms with E-state index in [1.807, 2.05) is 0 Å². The fourth-order valence-corrected chi connectivity index (χ4v) is 2.09. The number of rotatable bonds is 7. The standard InChI is InChI=1S/C18H13FN4O6/c19-14-6-5-13(23(27)28)9-15(14)22-17(25)10-29-18(26)11-1-3-12(4-2-11)21-16(24)7-8-20/h1-6,9H,7,10H2,(H,21,24)(H,22,25). The Hall–Kier alpha value is -4.33. The third-order valence-corrected chi connectivity index (χ3v) is 3.41. The van der Waals surface area contributed by atoms with Gasteiger partial charge in [0.1, 0.15) is 12.2 Å². The summed E-state index contributed by atoms with van der Waals surface area (Å²) >= 11 is 0. The molecule has 29 heavy (non-hydrogen) atoms. The second kappa shape index (κ2) is 9.56. The highest BCUT2D eigenvalue weighted by molar-refractivity contribution is 5.96. The Morgan fingerprint density at radius 2 is 1.79 bits per heavy atom. The van der Waals surface area contributed by atoms with Crippen molar-refractivity contribution in [2.75, 3.05) is 17.2 Å². The van der Waals surface area contributed by atoms with Crippen LogP contribution >= 0.6 is 0 Å². The van der Waals surface area contributed by atoms with Crippen molar-refractivity contribution >= 4 is 34.8 Å². The van der Waals surface area contributed by atoms with E-state index in [-0.39, 0.29) is 12.0 Å². The first-order chi connectivity index (χ1) is 13.8. The summed E-state index contributed by atoms with van der Waals surface area (Å²) in [7, 11) is 0. The fourth-order valence-electron chi connectivity index (χ4n) is 2.09. The number of esters is 1. The molecule has 0 aliphatic carbocycles. The summed E-state index contributed by atoms with van der Waals surface area (Å²) in [6.45, 7) is -0.748. The van der Waals surface area contributed by atoms with Crippen LogP contribution in [0.2, 0.25) is 0 Å². The lowest BCUT2D eigenvalue weighted by Crippen LogP contribution is -2.21. The Kier molecular flexibility index (Phi) is 6.92. The highest BCUT2D eigenvalue weighted by Crippen LogP contribution is 2.21. The zero-order chi connectivity index (χ0) is 21.4. The van der Waals surface area contributed by atoms with E-state index in [0.717, 1.165) is 18.2 Å². The molecular formula is C18H13FN4O6. The van der Waals surface area contributed by atoms with Gasteiger partial charge in [-0.15, -0.1) is 0 Å². The van der Waals surface area contributed by atoms with Crippen LogP contribution in [-0.2, 0) is 14.3 Å². The van der Waals surface area contributed by atoms with Crippen molar-refractivity contribution in [1.82, 2.24) is 0 Å². The number of anilines is 2. The predicted octanol–water partition coefficient (Wildman–Crippen LogP) is 2.38. The van der Waals surface area contributed by atoms with Gasteiger partial charge in [0.05, 0.1) is 22.2 Å². The van der Waals surface area contributed by atoms with Crippen LogP contribution < -0.4 is 10.6 Å². The van der Waals surface area contributed by atoms with Gasteiger partial charge < -0.3 is 15.4 Å². The van der Waals surface area contributed by atoms with Crippen LogP contribution in [0.4, 0.5) is 21.5 Å². The molecule has 0 aromatic heterocycles. The number of non-ortho nitro benzene ring substituents is 1. The molecule has 2 aromatic carbocycles. The molecular weight excluding hydrogens is 387 g/mol. The molecule has 0 atom stereocenters. The number of hydrogen-bond donors (Lipinski definition) is 2. The first kappa shape index (κ1) is 21.0. The first-order valence-electron chi connectivity index (χ1n) is 7.98. The van der Waals surface area contributed by atoms with Crippen LogP contribution in [0, 0.1) is 27.3 Å². The van der Waals surface area contributed by atoms with Gasteiger partial charge >= 0.3 is 5.97 Å². The van der Waals surface area contributed by atoms with E-state index in [1.54, 1.807) is 6.07 Å². The zero-order valence-corrected chi connectivity index (χ0v) is 14.7. The molecule has 0 unspecified atom stereocenters. The summed E-state index contributed by atoms with van der Waals surface area (Å²) in [5.41, 5.74) is -0.392. The number of halogens is 1. The summed E-state index contributed by atoms with van der Waals surface area (Å²) in [4.78, 5) is 45.0. The molecule has 10 nitrogen and oxygen atoms in total. The molecule has 0 aliphatic rings. The molecule has 0 radical (unpaired) electrons. The molecule has 2 N–H and O–H groups in total. The highest BCUT2D eigenvalue weighted by Gasteiger charge is 2.15. The quantitative estimate of drug-likeness (QED) is 0.411. The first-order valence-corrected chi connectivity index (χ1v) is 7.98. The van der Waals surface area contributed by atoms with Crippen molar-refractivity contribution in [3.05, 3.63) is 64.0 Å². The van der Waals surface area contributed by atoms with E-state index < -0.39 is 46.5 Å². The van der Waals surface area contributed by atoms with E-state index in [9.17, 15) is 28.9 Å². The van der Waals surface area contributed by atoms with E-state index in [4.69, 9.17) is 10.00 Å². The minimum Gasteiger partial charge on any atom is -0.452 e.